The van der Waals surface area contributed by atoms with Gasteiger partial charge in [0.2, 0.25) is 5.89 Å². The molecular formula is C32H28ClFN4O5. The summed E-state index contributed by atoms with van der Waals surface area (Å²) in [6.07, 6.45) is 4.88. The summed E-state index contributed by atoms with van der Waals surface area (Å²) in [4.78, 5) is 23.1. The lowest BCUT2D eigenvalue weighted by Crippen LogP contribution is -2.34. The van der Waals surface area contributed by atoms with Crippen molar-refractivity contribution in [1.29, 1.82) is 0 Å². The maximum atomic E-state index is 14.8. The monoisotopic (exact) mass is 602 g/mol. The number of aromatic carboxylic acids is 1. The molecule has 0 amide bonds. The molecule has 1 saturated heterocycles. The van der Waals surface area contributed by atoms with Gasteiger partial charge in [0.15, 0.2) is 11.5 Å². The zero-order chi connectivity index (χ0) is 29.7. The van der Waals surface area contributed by atoms with Gasteiger partial charge in [-0.3, -0.25) is 4.90 Å². The molecule has 2 aliphatic rings. The lowest BCUT2D eigenvalue weighted by atomic mass is 9.88. The van der Waals surface area contributed by atoms with E-state index in [0.717, 1.165) is 48.4 Å². The van der Waals surface area contributed by atoms with Crippen LogP contribution >= 0.6 is 11.6 Å². The SMILES string of the molecule is CC1(c2ccc(Cl)cc2F)Oc2cccc(C3CCN(Cc4nc5ccc(C(=O)O)cc5n4Cc4ncco4)CC3)c2O1. The average Bonchev–Trinajstić information content (AvgIpc) is 3.71. The molecule has 1 unspecified atom stereocenters. The topological polar surface area (TPSA) is 103 Å². The summed E-state index contributed by atoms with van der Waals surface area (Å²) in [5.41, 5.74) is 2.98. The number of rotatable bonds is 7. The molecule has 1 fully saturated rings. The van der Waals surface area contributed by atoms with Crippen molar-refractivity contribution in [3.8, 4) is 11.5 Å². The first-order valence-electron chi connectivity index (χ1n) is 14.1. The Hall–Kier alpha value is -4.41. The Bertz CT molecular complexity index is 1830. The van der Waals surface area contributed by atoms with Gasteiger partial charge in [-0.15, -0.1) is 0 Å². The van der Waals surface area contributed by atoms with Crippen LogP contribution in [0.5, 0.6) is 11.5 Å². The number of likely N-dealkylation sites (tertiary alicyclic amines) is 1. The minimum atomic E-state index is -1.30. The van der Waals surface area contributed by atoms with E-state index < -0.39 is 17.6 Å². The van der Waals surface area contributed by atoms with Crippen LogP contribution in [0, 0.1) is 5.82 Å². The molecule has 9 nitrogen and oxygen atoms in total. The number of piperidine rings is 1. The number of imidazole rings is 1. The predicted molar refractivity (Wildman–Crippen MR) is 156 cm³/mol. The number of carboxylic acids is 1. The Balaban J connectivity index is 1.09. The molecule has 3 aromatic carbocycles. The lowest BCUT2D eigenvalue weighted by molar-refractivity contribution is -0.0712. The third-order valence-corrected chi connectivity index (χ3v) is 8.51. The van der Waals surface area contributed by atoms with E-state index in [1.54, 1.807) is 43.5 Å². The zero-order valence-electron chi connectivity index (χ0n) is 23.3. The summed E-state index contributed by atoms with van der Waals surface area (Å²) < 4.78 is 34.8. The van der Waals surface area contributed by atoms with Crippen LogP contribution in [0.15, 0.2) is 71.5 Å². The second-order valence-corrected chi connectivity index (χ2v) is 11.5. The molecule has 0 bridgehead atoms. The fourth-order valence-electron chi connectivity index (χ4n) is 6.11. The van der Waals surface area contributed by atoms with E-state index in [1.807, 2.05) is 16.7 Å². The maximum Gasteiger partial charge on any atom is 0.335 e. The van der Waals surface area contributed by atoms with Crippen LogP contribution in [0.3, 0.4) is 0 Å². The van der Waals surface area contributed by atoms with Gasteiger partial charge in [0.25, 0.3) is 5.79 Å². The number of hydrogen-bond donors (Lipinski definition) is 1. The van der Waals surface area contributed by atoms with Crippen LogP contribution in [-0.2, 0) is 18.9 Å². The van der Waals surface area contributed by atoms with E-state index in [1.165, 1.54) is 12.3 Å². The Labute approximate surface area is 251 Å². The van der Waals surface area contributed by atoms with Gasteiger partial charge in [-0.2, -0.15) is 0 Å². The minimum absolute atomic E-state index is 0.199. The van der Waals surface area contributed by atoms with Crippen molar-refractivity contribution in [1.82, 2.24) is 19.4 Å². The normalized spacial score (nSPS) is 18.9. The number of aromatic nitrogens is 3. The summed E-state index contributed by atoms with van der Waals surface area (Å²) in [7, 11) is 0. The molecule has 220 valence electrons. The average molecular weight is 603 g/mol. The Morgan fingerprint density at radius 2 is 1.95 bits per heavy atom. The first kappa shape index (κ1) is 27.4. The number of benzene rings is 3. The maximum absolute atomic E-state index is 14.8. The van der Waals surface area contributed by atoms with E-state index in [4.69, 9.17) is 30.5 Å². The molecule has 2 aromatic heterocycles. The Morgan fingerprint density at radius 3 is 2.70 bits per heavy atom. The van der Waals surface area contributed by atoms with Crippen molar-refractivity contribution < 1.29 is 28.2 Å². The predicted octanol–water partition coefficient (Wildman–Crippen LogP) is 6.59. The van der Waals surface area contributed by atoms with Gasteiger partial charge in [-0.25, -0.2) is 19.2 Å². The number of para-hydroxylation sites is 1. The standard InChI is InChI=1S/C32H28ClFN4O5/c1-32(23-7-6-21(33)16-24(23)34)42-27-4-2-3-22(30(27)43-32)19-9-12-37(13-10-19)17-28-36-25-8-5-20(31(39)40)15-26(25)38(28)18-29-35-11-14-41-29/h2-8,11,14-16,19H,9-10,12-13,17-18H2,1H3,(H,39,40). The van der Waals surface area contributed by atoms with E-state index in [9.17, 15) is 14.3 Å². The highest BCUT2D eigenvalue weighted by Gasteiger charge is 2.43. The third-order valence-electron chi connectivity index (χ3n) is 8.27. The first-order chi connectivity index (χ1) is 20.8. The minimum Gasteiger partial charge on any atom is -0.478 e. The van der Waals surface area contributed by atoms with Crippen molar-refractivity contribution in [2.24, 2.45) is 0 Å². The van der Waals surface area contributed by atoms with Crippen molar-refractivity contribution in [2.75, 3.05) is 13.1 Å². The highest BCUT2D eigenvalue weighted by molar-refractivity contribution is 6.30. The second kappa shape index (κ2) is 10.7. The molecule has 1 atom stereocenters. The Morgan fingerprint density at radius 1 is 1.12 bits per heavy atom. The number of ether oxygens (including phenoxy) is 2. The molecule has 43 heavy (non-hydrogen) atoms. The quantitative estimate of drug-likeness (QED) is 0.223. The van der Waals surface area contributed by atoms with Crippen LogP contribution < -0.4 is 9.47 Å². The second-order valence-electron chi connectivity index (χ2n) is 11.0. The van der Waals surface area contributed by atoms with Crippen LogP contribution in [-0.4, -0.2) is 43.6 Å². The number of carbonyl (C=O) groups is 1. The highest BCUT2D eigenvalue weighted by Crippen LogP contribution is 2.49. The van der Waals surface area contributed by atoms with Gasteiger partial charge in [-0.05, 0) is 74.3 Å². The summed E-state index contributed by atoms with van der Waals surface area (Å²) in [6.45, 7) is 4.29. The molecule has 0 aliphatic carbocycles. The molecule has 0 saturated carbocycles. The van der Waals surface area contributed by atoms with E-state index in [0.29, 0.717) is 35.5 Å². The number of fused-ring (bicyclic) bond motifs is 2. The molecule has 0 radical (unpaired) electrons. The molecule has 0 spiro atoms. The first-order valence-corrected chi connectivity index (χ1v) is 14.4. The number of hydrogen-bond acceptors (Lipinski definition) is 7. The number of carboxylic acid groups (broad SMARTS) is 1. The van der Waals surface area contributed by atoms with Crippen molar-refractivity contribution in [3.05, 3.63) is 106 Å². The zero-order valence-corrected chi connectivity index (χ0v) is 24.1. The molecule has 1 N–H and O–H groups in total. The summed E-state index contributed by atoms with van der Waals surface area (Å²) in [5, 5.41) is 9.85. The van der Waals surface area contributed by atoms with Crippen LogP contribution in [0.25, 0.3) is 11.0 Å². The molecule has 2 aliphatic heterocycles. The van der Waals surface area contributed by atoms with Gasteiger partial charge < -0.3 is 23.6 Å². The molecule has 11 heteroatoms. The highest BCUT2D eigenvalue weighted by atomic mass is 35.5. The van der Waals surface area contributed by atoms with Gasteiger partial charge in [-0.1, -0.05) is 23.7 Å². The smallest absolute Gasteiger partial charge is 0.335 e. The fraction of sp³-hybridized carbons (Fsp3) is 0.281. The fourth-order valence-corrected chi connectivity index (χ4v) is 6.27. The van der Waals surface area contributed by atoms with Gasteiger partial charge >= 0.3 is 5.97 Å². The van der Waals surface area contributed by atoms with E-state index in [-0.39, 0.29) is 17.0 Å². The number of halogens is 2. The van der Waals surface area contributed by atoms with Crippen LogP contribution in [0.1, 0.15) is 58.9 Å². The van der Waals surface area contributed by atoms with Crippen LogP contribution in [0.4, 0.5) is 4.39 Å². The molecule has 5 aromatic rings. The molecule has 7 rings (SSSR count). The molecular weight excluding hydrogens is 575 g/mol. The summed E-state index contributed by atoms with van der Waals surface area (Å²) >= 11 is 5.97. The largest absolute Gasteiger partial charge is 0.478 e. The lowest BCUT2D eigenvalue weighted by Gasteiger charge is -2.32. The van der Waals surface area contributed by atoms with Crippen LogP contribution in [0.2, 0.25) is 5.02 Å². The van der Waals surface area contributed by atoms with Crippen molar-refractivity contribution in [2.45, 2.75) is 44.6 Å². The number of nitrogens with zero attached hydrogens (tertiary/aromatic N) is 4. The van der Waals surface area contributed by atoms with Crippen molar-refractivity contribution >= 4 is 28.6 Å². The van der Waals surface area contributed by atoms with Gasteiger partial charge in [0, 0.05) is 17.5 Å². The van der Waals surface area contributed by atoms with Gasteiger partial charge in [0.05, 0.1) is 34.9 Å². The van der Waals surface area contributed by atoms with E-state index >= 15 is 0 Å². The number of oxazole rings is 1. The van der Waals surface area contributed by atoms with Gasteiger partial charge in [0.1, 0.15) is 24.4 Å². The van der Waals surface area contributed by atoms with Crippen molar-refractivity contribution in [3.63, 3.8) is 0 Å². The summed E-state index contributed by atoms with van der Waals surface area (Å²) in [6, 6.07) is 15.3. The Kier molecular flexibility index (Phi) is 6.82. The van der Waals surface area contributed by atoms with E-state index in [2.05, 4.69) is 16.0 Å². The summed E-state index contributed by atoms with van der Waals surface area (Å²) in [5.74, 6) is 0.0448. The third kappa shape index (κ3) is 5.10. The molecule has 4 heterocycles.